The Balaban J connectivity index is 3.10. The average molecular weight is 267 g/mol. The van der Waals surface area contributed by atoms with Crippen molar-refractivity contribution in [2.24, 2.45) is 0 Å². The molecule has 1 amide bonds. The van der Waals surface area contributed by atoms with Crippen molar-refractivity contribution in [2.75, 3.05) is 12.4 Å². The number of nitrogens with one attached hydrogen (secondary N) is 1. The van der Waals surface area contributed by atoms with E-state index in [9.17, 15) is 9.59 Å². The minimum absolute atomic E-state index is 0.235. The number of carbonyl (C=O) groups is 2. The van der Waals surface area contributed by atoms with E-state index in [0.717, 1.165) is 16.0 Å². The summed E-state index contributed by atoms with van der Waals surface area (Å²) < 4.78 is 4.73. The molecule has 4 nitrogen and oxygen atoms in total. The van der Waals surface area contributed by atoms with Crippen LogP contribution in [0.1, 0.15) is 34.6 Å². The largest absolute Gasteiger partial charge is 0.465 e. The van der Waals surface area contributed by atoms with Crippen molar-refractivity contribution < 1.29 is 14.3 Å². The molecule has 0 spiro atoms. The van der Waals surface area contributed by atoms with Crippen LogP contribution in [0.3, 0.4) is 0 Å². The fraction of sp³-hybridized carbons (Fsp3) is 0.385. The van der Waals surface area contributed by atoms with Crippen LogP contribution >= 0.6 is 11.3 Å². The van der Waals surface area contributed by atoms with E-state index in [1.807, 2.05) is 27.7 Å². The first kappa shape index (κ1) is 14.4. The first-order valence-electron chi connectivity index (χ1n) is 5.51. The zero-order chi connectivity index (χ0) is 13.9. The molecule has 0 saturated heterocycles. The molecule has 0 radical (unpaired) electrons. The number of ether oxygens (including phenoxy) is 1. The minimum atomic E-state index is -0.427. The maximum absolute atomic E-state index is 11.7. The SMILES string of the molecule is COC(=O)c1c(NC(=O)C=C(C)C)sc(C)c1C. The number of carbonyl (C=O) groups excluding carboxylic acids is 2. The van der Waals surface area contributed by atoms with Gasteiger partial charge in [-0.2, -0.15) is 0 Å². The highest BCUT2D eigenvalue weighted by Crippen LogP contribution is 2.32. The van der Waals surface area contributed by atoms with Crippen molar-refractivity contribution in [3.05, 3.63) is 27.7 Å². The lowest BCUT2D eigenvalue weighted by Gasteiger charge is -2.04. The van der Waals surface area contributed by atoms with Crippen LogP contribution in [0.15, 0.2) is 11.6 Å². The van der Waals surface area contributed by atoms with Gasteiger partial charge in [0.2, 0.25) is 5.91 Å². The van der Waals surface area contributed by atoms with Crippen molar-refractivity contribution in [3.8, 4) is 0 Å². The van der Waals surface area contributed by atoms with Crippen molar-refractivity contribution in [3.63, 3.8) is 0 Å². The molecule has 18 heavy (non-hydrogen) atoms. The molecule has 0 aliphatic heterocycles. The number of aryl methyl sites for hydroxylation is 1. The van der Waals surface area contributed by atoms with Gasteiger partial charge in [0.15, 0.2) is 0 Å². The van der Waals surface area contributed by atoms with Crippen molar-refractivity contribution >= 4 is 28.2 Å². The molecule has 0 bridgehead atoms. The number of hydrogen-bond acceptors (Lipinski definition) is 4. The molecular weight excluding hydrogens is 250 g/mol. The van der Waals surface area contributed by atoms with E-state index >= 15 is 0 Å². The molecule has 5 heteroatoms. The van der Waals surface area contributed by atoms with E-state index < -0.39 is 5.97 Å². The quantitative estimate of drug-likeness (QED) is 0.676. The first-order chi connectivity index (χ1) is 8.36. The lowest BCUT2D eigenvalue weighted by molar-refractivity contribution is -0.111. The smallest absolute Gasteiger partial charge is 0.341 e. The third-order valence-corrected chi connectivity index (χ3v) is 3.55. The molecule has 1 N–H and O–H groups in total. The Morgan fingerprint density at radius 2 is 1.89 bits per heavy atom. The lowest BCUT2D eigenvalue weighted by atomic mass is 10.1. The highest BCUT2D eigenvalue weighted by molar-refractivity contribution is 7.16. The predicted octanol–water partition coefficient (Wildman–Crippen LogP) is 3.06. The van der Waals surface area contributed by atoms with Crippen molar-refractivity contribution in [1.82, 2.24) is 0 Å². The first-order valence-corrected chi connectivity index (χ1v) is 6.32. The maximum Gasteiger partial charge on any atom is 0.341 e. The average Bonchev–Trinajstić information content (AvgIpc) is 2.52. The van der Waals surface area contributed by atoms with Crippen LogP contribution < -0.4 is 5.32 Å². The molecule has 0 aromatic carbocycles. The summed E-state index contributed by atoms with van der Waals surface area (Å²) in [5, 5.41) is 3.26. The van der Waals surface area contributed by atoms with Crippen molar-refractivity contribution in [2.45, 2.75) is 27.7 Å². The van der Waals surface area contributed by atoms with Gasteiger partial charge in [-0.15, -0.1) is 11.3 Å². The van der Waals surface area contributed by atoms with Crippen LogP contribution in [0.2, 0.25) is 0 Å². The number of hydrogen-bond donors (Lipinski definition) is 1. The van der Waals surface area contributed by atoms with Crippen molar-refractivity contribution in [1.29, 1.82) is 0 Å². The normalized spacial score (nSPS) is 9.83. The molecule has 0 unspecified atom stereocenters. The minimum Gasteiger partial charge on any atom is -0.465 e. The Bertz CT molecular complexity index is 511. The van der Waals surface area contributed by atoms with Gasteiger partial charge in [-0.1, -0.05) is 5.57 Å². The fourth-order valence-corrected chi connectivity index (χ4v) is 2.52. The summed E-state index contributed by atoms with van der Waals surface area (Å²) in [5.74, 6) is -0.661. The number of esters is 1. The number of rotatable bonds is 3. The highest BCUT2D eigenvalue weighted by atomic mass is 32.1. The zero-order valence-corrected chi connectivity index (χ0v) is 12.0. The second-order valence-corrected chi connectivity index (χ2v) is 5.41. The summed E-state index contributed by atoms with van der Waals surface area (Å²) >= 11 is 1.38. The van der Waals surface area contributed by atoms with Gasteiger partial charge >= 0.3 is 5.97 Å². The van der Waals surface area contributed by atoms with E-state index in [2.05, 4.69) is 5.32 Å². The van der Waals surface area contributed by atoms with Crippen LogP contribution in [0, 0.1) is 13.8 Å². The number of amides is 1. The highest BCUT2D eigenvalue weighted by Gasteiger charge is 2.20. The molecule has 98 valence electrons. The van der Waals surface area contributed by atoms with Gasteiger partial charge in [-0.3, -0.25) is 4.79 Å². The van der Waals surface area contributed by atoms with Crippen LogP contribution in [-0.4, -0.2) is 19.0 Å². The summed E-state index contributed by atoms with van der Waals surface area (Å²) in [5.41, 5.74) is 2.19. The topological polar surface area (TPSA) is 55.4 Å². The Morgan fingerprint density at radius 1 is 1.28 bits per heavy atom. The second-order valence-electron chi connectivity index (χ2n) is 4.19. The van der Waals surface area contributed by atoms with Gasteiger partial charge in [-0.05, 0) is 33.3 Å². The molecule has 1 heterocycles. The number of allylic oxidation sites excluding steroid dienone is 1. The van der Waals surface area contributed by atoms with Gasteiger partial charge < -0.3 is 10.1 Å². The van der Waals surface area contributed by atoms with E-state index in [0.29, 0.717) is 10.6 Å². The van der Waals surface area contributed by atoms with Gasteiger partial charge in [0.25, 0.3) is 0 Å². The molecule has 0 aliphatic carbocycles. The molecular formula is C13H17NO3S. The molecule has 1 aromatic heterocycles. The van der Waals surface area contributed by atoms with Crippen LogP contribution in [-0.2, 0) is 9.53 Å². The van der Waals surface area contributed by atoms with Crippen LogP contribution in [0.25, 0.3) is 0 Å². The monoisotopic (exact) mass is 267 g/mol. The van der Waals surface area contributed by atoms with E-state index in [-0.39, 0.29) is 5.91 Å². The lowest BCUT2D eigenvalue weighted by Crippen LogP contribution is -2.12. The van der Waals surface area contributed by atoms with E-state index in [1.54, 1.807) is 0 Å². The molecule has 0 atom stereocenters. The molecule has 0 fully saturated rings. The molecule has 0 saturated carbocycles. The second kappa shape index (κ2) is 5.82. The van der Waals surface area contributed by atoms with Gasteiger partial charge in [0.1, 0.15) is 5.00 Å². The number of anilines is 1. The predicted molar refractivity (Wildman–Crippen MR) is 73.2 cm³/mol. The Kier molecular flexibility index (Phi) is 4.67. The summed E-state index contributed by atoms with van der Waals surface area (Å²) in [7, 11) is 1.33. The third kappa shape index (κ3) is 3.20. The van der Waals surface area contributed by atoms with Crippen LogP contribution in [0.5, 0.6) is 0 Å². The van der Waals surface area contributed by atoms with E-state index in [1.165, 1.54) is 24.5 Å². The van der Waals surface area contributed by atoms with E-state index in [4.69, 9.17) is 4.74 Å². The standard InChI is InChI=1S/C13H17NO3S/c1-7(2)6-10(15)14-12-11(13(16)17-5)8(3)9(4)18-12/h6H,1-5H3,(H,14,15). The number of methoxy groups -OCH3 is 1. The zero-order valence-electron chi connectivity index (χ0n) is 11.2. The maximum atomic E-state index is 11.7. The summed E-state index contributed by atoms with van der Waals surface area (Å²) in [6, 6.07) is 0. The van der Waals surface area contributed by atoms with Gasteiger partial charge in [0.05, 0.1) is 12.7 Å². The fourth-order valence-electron chi connectivity index (χ4n) is 1.47. The number of thiophene rings is 1. The summed E-state index contributed by atoms with van der Waals surface area (Å²) in [4.78, 5) is 24.4. The summed E-state index contributed by atoms with van der Waals surface area (Å²) in [6.45, 7) is 7.43. The Labute approximate surface area is 111 Å². The Hall–Kier alpha value is -1.62. The van der Waals surface area contributed by atoms with Crippen LogP contribution in [0.4, 0.5) is 5.00 Å². The summed E-state index contributed by atoms with van der Waals surface area (Å²) in [6.07, 6.45) is 1.49. The Morgan fingerprint density at radius 3 is 2.39 bits per heavy atom. The van der Waals surface area contributed by atoms with Gasteiger partial charge in [0, 0.05) is 11.0 Å². The third-order valence-electron chi connectivity index (χ3n) is 2.43. The molecule has 0 aliphatic rings. The van der Waals surface area contributed by atoms with Gasteiger partial charge in [-0.25, -0.2) is 4.79 Å². The molecule has 1 aromatic rings. The molecule has 1 rings (SSSR count).